The van der Waals surface area contributed by atoms with Gasteiger partial charge in [-0.2, -0.15) is 0 Å². The number of thioether (sulfide) groups is 1. The first-order chi connectivity index (χ1) is 8.66. The Balaban J connectivity index is 1.98. The number of rotatable bonds is 4. The van der Waals surface area contributed by atoms with Crippen LogP contribution in [0.4, 0.5) is 0 Å². The maximum absolute atomic E-state index is 6.20. The Morgan fingerprint density at radius 3 is 2.72 bits per heavy atom. The van der Waals surface area contributed by atoms with Crippen LogP contribution in [0.15, 0.2) is 47.6 Å². The van der Waals surface area contributed by atoms with Crippen molar-refractivity contribution in [2.45, 2.75) is 18.0 Å². The first-order valence-electron chi connectivity index (χ1n) is 5.72. The van der Waals surface area contributed by atoms with Gasteiger partial charge in [0.15, 0.2) is 0 Å². The molecule has 1 heterocycles. The molecule has 0 radical (unpaired) electrons. The summed E-state index contributed by atoms with van der Waals surface area (Å²) < 4.78 is 0. The molecule has 1 unspecified atom stereocenters. The molecule has 2 rings (SSSR count). The number of hydrogen-bond donors (Lipinski definition) is 1. The minimum Gasteiger partial charge on any atom is -0.323 e. The Labute approximate surface area is 117 Å². The highest BCUT2D eigenvalue weighted by atomic mass is 35.5. The van der Waals surface area contributed by atoms with E-state index in [1.165, 1.54) is 11.1 Å². The fourth-order valence-corrected chi connectivity index (χ4v) is 2.65. The van der Waals surface area contributed by atoms with Gasteiger partial charge in [0.1, 0.15) is 0 Å². The lowest BCUT2D eigenvalue weighted by atomic mass is 10.0. The van der Waals surface area contributed by atoms with E-state index in [0.29, 0.717) is 5.02 Å². The molecule has 2 N–H and O–H groups in total. The van der Waals surface area contributed by atoms with Gasteiger partial charge >= 0.3 is 0 Å². The molecular formula is C14H15ClN2S. The van der Waals surface area contributed by atoms with E-state index in [1.807, 2.05) is 24.3 Å². The van der Waals surface area contributed by atoms with Crippen LogP contribution in [0.1, 0.15) is 17.2 Å². The minimum absolute atomic E-state index is 0.0219. The van der Waals surface area contributed by atoms with Gasteiger partial charge < -0.3 is 5.73 Å². The molecule has 0 fully saturated rings. The predicted molar refractivity (Wildman–Crippen MR) is 78.1 cm³/mol. The summed E-state index contributed by atoms with van der Waals surface area (Å²) >= 11 is 7.44. The average molecular weight is 279 g/mol. The van der Waals surface area contributed by atoms with E-state index in [0.717, 1.165) is 10.8 Å². The van der Waals surface area contributed by atoms with Gasteiger partial charge in [-0.1, -0.05) is 35.9 Å². The molecule has 0 amide bonds. The Morgan fingerprint density at radius 1 is 1.28 bits per heavy atom. The fourth-order valence-electron chi connectivity index (χ4n) is 1.72. The van der Waals surface area contributed by atoms with Crippen molar-refractivity contribution in [3.05, 3.63) is 58.7 Å². The minimum atomic E-state index is 0.0219. The van der Waals surface area contributed by atoms with Gasteiger partial charge in [-0.05, 0) is 30.2 Å². The van der Waals surface area contributed by atoms with Crippen molar-refractivity contribution in [1.29, 1.82) is 0 Å². The van der Waals surface area contributed by atoms with Crippen molar-refractivity contribution in [3.8, 4) is 0 Å². The topological polar surface area (TPSA) is 38.9 Å². The summed E-state index contributed by atoms with van der Waals surface area (Å²) in [6.07, 6.45) is 1.66. The first kappa shape index (κ1) is 13.4. The number of benzene rings is 1. The van der Waals surface area contributed by atoms with E-state index >= 15 is 0 Å². The lowest BCUT2D eigenvalue weighted by Gasteiger charge is -2.13. The second-order valence-corrected chi connectivity index (χ2v) is 5.57. The van der Waals surface area contributed by atoms with E-state index in [-0.39, 0.29) is 6.04 Å². The lowest BCUT2D eigenvalue weighted by molar-refractivity contribution is 0.821. The third kappa shape index (κ3) is 3.48. The molecule has 1 aromatic heterocycles. The van der Waals surface area contributed by atoms with Gasteiger partial charge in [-0.3, -0.25) is 0 Å². The summed E-state index contributed by atoms with van der Waals surface area (Å²) in [4.78, 5) is 4.24. The Hall–Kier alpha value is -1.03. The summed E-state index contributed by atoms with van der Waals surface area (Å²) in [5, 5.41) is 1.60. The zero-order chi connectivity index (χ0) is 13.0. The van der Waals surface area contributed by atoms with Gasteiger partial charge in [-0.15, -0.1) is 11.8 Å². The predicted octanol–water partition coefficient (Wildman–Crippen LogP) is 3.84. The standard InChI is InChI=1S/C14H15ClN2S/c1-10-4-2-3-5-12(10)13(16)9-18-14-7-6-11(15)8-17-14/h2-8,13H,9,16H2,1H3. The molecule has 0 spiro atoms. The zero-order valence-electron chi connectivity index (χ0n) is 10.1. The summed E-state index contributed by atoms with van der Waals surface area (Å²) in [6, 6.07) is 12.0. The molecule has 0 bridgehead atoms. The Bertz CT molecular complexity index is 513. The Kier molecular flexibility index (Phi) is 4.64. The number of halogens is 1. The number of nitrogens with two attached hydrogens (primary N) is 1. The number of nitrogens with zero attached hydrogens (tertiary/aromatic N) is 1. The highest BCUT2D eigenvalue weighted by Gasteiger charge is 2.09. The van der Waals surface area contributed by atoms with Crippen LogP contribution in [0, 0.1) is 6.92 Å². The smallest absolute Gasteiger partial charge is 0.0961 e. The summed E-state index contributed by atoms with van der Waals surface area (Å²) in [5.41, 5.74) is 8.62. The highest BCUT2D eigenvalue weighted by molar-refractivity contribution is 7.99. The van der Waals surface area contributed by atoms with Gasteiger partial charge in [0.2, 0.25) is 0 Å². The molecule has 0 aliphatic rings. The van der Waals surface area contributed by atoms with Crippen molar-refractivity contribution in [3.63, 3.8) is 0 Å². The first-order valence-corrected chi connectivity index (χ1v) is 7.08. The van der Waals surface area contributed by atoms with Crippen molar-refractivity contribution in [1.82, 2.24) is 4.98 Å². The van der Waals surface area contributed by atoms with Crippen LogP contribution in [0.2, 0.25) is 5.02 Å². The van der Waals surface area contributed by atoms with Gasteiger partial charge in [0, 0.05) is 18.0 Å². The maximum Gasteiger partial charge on any atom is 0.0961 e. The normalized spacial score (nSPS) is 12.4. The summed E-state index contributed by atoms with van der Waals surface area (Å²) in [7, 11) is 0. The lowest BCUT2D eigenvalue weighted by Crippen LogP contribution is -2.14. The van der Waals surface area contributed by atoms with E-state index < -0.39 is 0 Å². The van der Waals surface area contributed by atoms with Crippen LogP contribution in [0.5, 0.6) is 0 Å². The summed E-state index contributed by atoms with van der Waals surface area (Å²) in [5.74, 6) is 0.805. The van der Waals surface area contributed by atoms with Gasteiger partial charge in [0.25, 0.3) is 0 Å². The zero-order valence-corrected chi connectivity index (χ0v) is 11.7. The van der Waals surface area contributed by atoms with E-state index in [4.69, 9.17) is 17.3 Å². The van der Waals surface area contributed by atoms with Gasteiger partial charge in [0.05, 0.1) is 10.0 Å². The molecule has 1 atom stereocenters. The molecule has 0 aliphatic carbocycles. The molecule has 2 aromatic rings. The van der Waals surface area contributed by atoms with Crippen LogP contribution in [0.25, 0.3) is 0 Å². The highest BCUT2D eigenvalue weighted by Crippen LogP contribution is 2.24. The second-order valence-electron chi connectivity index (χ2n) is 4.09. The number of hydrogen-bond acceptors (Lipinski definition) is 3. The molecule has 2 nitrogen and oxygen atoms in total. The van der Waals surface area contributed by atoms with E-state index in [1.54, 1.807) is 18.0 Å². The quantitative estimate of drug-likeness (QED) is 0.864. The van der Waals surface area contributed by atoms with Crippen LogP contribution < -0.4 is 5.73 Å². The number of aryl methyl sites for hydroxylation is 1. The van der Waals surface area contributed by atoms with Crippen LogP contribution in [0.3, 0.4) is 0 Å². The van der Waals surface area contributed by atoms with Crippen LogP contribution in [-0.2, 0) is 0 Å². The Morgan fingerprint density at radius 2 is 2.06 bits per heavy atom. The largest absolute Gasteiger partial charge is 0.323 e. The number of aromatic nitrogens is 1. The molecular weight excluding hydrogens is 264 g/mol. The SMILES string of the molecule is Cc1ccccc1C(N)CSc1ccc(Cl)cn1. The van der Waals surface area contributed by atoms with Crippen molar-refractivity contribution in [2.24, 2.45) is 5.73 Å². The second kappa shape index (κ2) is 6.23. The van der Waals surface area contributed by atoms with Crippen LogP contribution >= 0.6 is 23.4 Å². The summed E-state index contributed by atoms with van der Waals surface area (Å²) in [6.45, 7) is 2.08. The van der Waals surface area contributed by atoms with E-state index in [9.17, 15) is 0 Å². The van der Waals surface area contributed by atoms with Crippen molar-refractivity contribution in [2.75, 3.05) is 5.75 Å². The van der Waals surface area contributed by atoms with E-state index in [2.05, 4.69) is 24.0 Å². The van der Waals surface area contributed by atoms with Gasteiger partial charge in [-0.25, -0.2) is 4.98 Å². The van der Waals surface area contributed by atoms with Crippen molar-refractivity contribution >= 4 is 23.4 Å². The third-order valence-electron chi connectivity index (χ3n) is 2.70. The average Bonchev–Trinajstić information content (AvgIpc) is 2.38. The monoisotopic (exact) mass is 278 g/mol. The molecule has 0 aliphatic heterocycles. The molecule has 0 saturated heterocycles. The molecule has 4 heteroatoms. The molecule has 0 saturated carbocycles. The molecule has 18 heavy (non-hydrogen) atoms. The molecule has 94 valence electrons. The fraction of sp³-hybridized carbons (Fsp3) is 0.214. The molecule has 1 aromatic carbocycles. The van der Waals surface area contributed by atoms with Crippen LogP contribution in [-0.4, -0.2) is 10.7 Å². The maximum atomic E-state index is 6.20. The van der Waals surface area contributed by atoms with Crippen molar-refractivity contribution < 1.29 is 0 Å². The number of pyridine rings is 1. The third-order valence-corrected chi connectivity index (χ3v) is 3.99.